The highest BCUT2D eigenvalue weighted by Gasteiger charge is 2.12. The van der Waals surface area contributed by atoms with Crippen molar-refractivity contribution < 1.29 is 14.8 Å². The van der Waals surface area contributed by atoms with Crippen molar-refractivity contribution in [1.82, 2.24) is 15.4 Å². The Balaban J connectivity index is 1.92. The number of hydroxylamine groups is 2. The molecule has 2 rings (SSSR count). The van der Waals surface area contributed by atoms with Gasteiger partial charge in [0, 0.05) is 17.5 Å². The summed E-state index contributed by atoms with van der Waals surface area (Å²) in [4.78, 5) is 26.7. The minimum absolute atomic E-state index is 0.0798. The van der Waals surface area contributed by atoms with Gasteiger partial charge in [-0.25, -0.2) is 14.8 Å². The minimum Gasteiger partial charge on any atom is -0.350 e. The van der Waals surface area contributed by atoms with Crippen molar-refractivity contribution in [1.29, 1.82) is 0 Å². The van der Waals surface area contributed by atoms with Crippen molar-refractivity contribution in [2.45, 2.75) is 0 Å². The van der Waals surface area contributed by atoms with Gasteiger partial charge in [0.15, 0.2) is 0 Å². The van der Waals surface area contributed by atoms with Crippen LogP contribution >= 0.6 is 11.3 Å². The van der Waals surface area contributed by atoms with Gasteiger partial charge in [0.05, 0.1) is 6.54 Å². The third-order valence-electron chi connectivity index (χ3n) is 2.62. The van der Waals surface area contributed by atoms with E-state index in [0.29, 0.717) is 10.8 Å². The van der Waals surface area contributed by atoms with Crippen molar-refractivity contribution in [2.75, 3.05) is 13.1 Å². The Morgan fingerprint density at radius 3 is 2.71 bits per heavy atom. The highest BCUT2D eigenvalue weighted by molar-refractivity contribution is 7.13. The quantitative estimate of drug-likeness (QED) is 0.571. The summed E-state index contributed by atoms with van der Waals surface area (Å²) in [5.41, 5.74) is 6.08. The zero-order valence-electron chi connectivity index (χ0n) is 11.0. The van der Waals surface area contributed by atoms with Crippen molar-refractivity contribution in [3.63, 3.8) is 0 Å². The van der Waals surface area contributed by atoms with Gasteiger partial charge in [-0.15, -0.1) is 11.3 Å². The number of aromatic nitrogens is 1. The lowest BCUT2D eigenvalue weighted by Gasteiger charge is -2.11. The second kappa shape index (κ2) is 6.82. The Kier molecular flexibility index (Phi) is 4.85. The molecule has 0 spiro atoms. The number of primary amides is 1. The number of benzene rings is 1. The summed E-state index contributed by atoms with van der Waals surface area (Å²) < 4.78 is 0. The molecular formula is C13H14N4O3S. The van der Waals surface area contributed by atoms with Gasteiger partial charge in [0.2, 0.25) is 0 Å². The van der Waals surface area contributed by atoms with Crippen LogP contribution in [0.5, 0.6) is 0 Å². The van der Waals surface area contributed by atoms with E-state index < -0.39 is 6.03 Å². The number of nitrogens with zero attached hydrogens (tertiary/aromatic N) is 2. The summed E-state index contributed by atoms with van der Waals surface area (Å²) in [6.07, 6.45) is 0. The van der Waals surface area contributed by atoms with E-state index in [-0.39, 0.29) is 19.0 Å². The molecular weight excluding hydrogens is 292 g/mol. The molecule has 0 saturated heterocycles. The number of nitrogens with two attached hydrogens (primary N) is 1. The summed E-state index contributed by atoms with van der Waals surface area (Å²) in [6.45, 7) is -0.00672. The molecule has 8 heteroatoms. The molecule has 4 N–H and O–H groups in total. The number of hydrogen-bond donors (Lipinski definition) is 3. The Hall–Kier alpha value is -2.45. The topological polar surface area (TPSA) is 109 Å². The number of urea groups is 1. The summed E-state index contributed by atoms with van der Waals surface area (Å²) >= 11 is 1.37. The number of thiazole rings is 1. The first-order chi connectivity index (χ1) is 10.1. The van der Waals surface area contributed by atoms with E-state index in [1.165, 1.54) is 11.3 Å². The van der Waals surface area contributed by atoms with Gasteiger partial charge in [-0.1, -0.05) is 30.3 Å². The smallest absolute Gasteiger partial charge is 0.338 e. The van der Waals surface area contributed by atoms with Gasteiger partial charge >= 0.3 is 6.03 Å². The van der Waals surface area contributed by atoms with E-state index in [4.69, 9.17) is 10.9 Å². The second-order valence-electron chi connectivity index (χ2n) is 4.12. The van der Waals surface area contributed by atoms with Crippen LogP contribution in [0.1, 0.15) is 10.5 Å². The van der Waals surface area contributed by atoms with Crippen LogP contribution in [0.3, 0.4) is 0 Å². The van der Waals surface area contributed by atoms with Crippen LogP contribution in [-0.2, 0) is 0 Å². The van der Waals surface area contributed by atoms with Gasteiger partial charge in [-0.05, 0) is 0 Å². The number of carbonyl (C=O) groups is 2. The molecule has 1 aromatic carbocycles. The van der Waals surface area contributed by atoms with E-state index in [1.807, 2.05) is 30.3 Å². The molecule has 2 aromatic rings. The molecule has 0 bridgehead atoms. The maximum absolute atomic E-state index is 11.9. The zero-order valence-corrected chi connectivity index (χ0v) is 11.8. The number of rotatable bonds is 5. The van der Waals surface area contributed by atoms with Crippen LogP contribution in [0, 0.1) is 0 Å². The van der Waals surface area contributed by atoms with Crippen LogP contribution < -0.4 is 11.1 Å². The molecule has 0 aliphatic rings. The standard InChI is InChI=1S/C13H14N4O3S/c14-13(19)17(20)7-6-15-11(18)10-8-21-12(16-10)9-4-2-1-3-5-9/h1-5,8,20H,6-7H2,(H2,14,19)(H,15,18). The summed E-state index contributed by atoms with van der Waals surface area (Å²) in [5.74, 6) is -0.369. The van der Waals surface area contributed by atoms with E-state index >= 15 is 0 Å². The summed E-state index contributed by atoms with van der Waals surface area (Å²) in [6, 6.07) is 8.56. The first-order valence-electron chi connectivity index (χ1n) is 6.13. The molecule has 0 unspecified atom stereocenters. The van der Waals surface area contributed by atoms with Gasteiger partial charge < -0.3 is 11.1 Å². The lowest BCUT2D eigenvalue weighted by atomic mass is 10.2. The molecule has 110 valence electrons. The zero-order chi connectivity index (χ0) is 15.2. The Morgan fingerprint density at radius 1 is 1.33 bits per heavy atom. The summed E-state index contributed by atoms with van der Waals surface area (Å²) in [7, 11) is 0. The van der Waals surface area contributed by atoms with Gasteiger partial charge in [0.1, 0.15) is 10.7 Å². The van der Waals surface area contributed by atoms with E-state index in [0.717, 1.165) is 10.6 Å². The second-order valence-corrected chi connectivity index (χ2v) is 4.98. The molecule has 0 fully saturated rings. The fourth-order valence-electron chi connectivity index (χ4n) is 1.57. The first kappa shape index (κ1) is 14.9. The largest absolute Gasteiger partial charge is 0.350 e. The van der Waals surface area contributed by atoms with E-state index in [1.54, 1.807) is 5.38 Å². The van der Waals surface area contributed by atoms with E-state index in [2.05, 4.69) is 10.3 Å². The fraction of sp³-hybridized carbons (Fsp3) is 0.154. The molecule has 21 heavy (non-hydrogen) atoms. The predicted molar refractivity (Wildman–Crippen MR) is 78.0 cm³/mol. The highest BCUT2D eigenvalue weighted by Crippen LogP contribution is 2.23. The fourth-order valence-corrected chi connectivity index (χ4v) is 2.37. The monoisotopic (exact) mass is 306 g/mol. The lowest BCUT2D eigenvalue weighted by Crippen LogP contribution is -2.39. The van der Waals surface area contributed by atoms with Crippen molar-refractivity contribution >= 4 is 23.3 Å². The maximum atomic E-state index is 11.9. The molecule has 0 saturated carbocycles. The third kappa shape index (κ3) is 4.01. The predicted octanol–water partition coefficient (Wildman–Crippen LogP) is 1.31. The average Bonchev–Trinajstić information content (AvgIpc) is 2.97. The average molecular weight is 306 g/mol. The first-order valence-corrected chi connectivity index (χ1v) is 7.01. The summed E-state index contributed by atoms with van der Waals surface area (Å²) in [5, 5.41) is 14.3. The molecule has 1 heterocycles. The lowest BCUT2D eigenvalue weighted by molar-refractivity contribution is -0.0376. The van der Waals surface area contributed by atoms with Crippen molar-refractivity contribution in [3.8, 4) is 10.6 Å². The molecule has 1 aromatic heterocycles. The number of amides is 3. The molecule has 0 radical (unpaired) electrons. The Morgan fingerprint density at radius 2 is 2.05 bits per heavy atom. The van der Waals surface area contributed by atoms with Gasteiger partial charge in [0.25, 0.3) is 5.91 Å². The van der Waals surface area contributed by atoms with E-state index in [9.17, 15) is 9.59 Å². The number of carbonyl (C=O) groups excluding carboxylic acids is 2. The van der Waals surface area contributed by atoms with Gasteiger partial charge in [-0.3, -0.25) is 10.0 Å². The maximum Gasteiger partial charge on any atom is 0.338 e. The highest BCUT2D eigenvalue weighted by atomic mass is 32.1. The number of hydrogen-bond acceptors (Lipinski definition) is 5. The SMILES string of the molecule is NC(=O)N(O)CCNC(=O)c1csc(-c2ccccc2)n1. The Bertz CT molecular complexity index is 629. The molecule has 0 aliphatic carbocycles. The van der Waals surface area contributed by atoms with Gasteiger partial charge in [-0.2, -0.15) is 0 Å². The third-order valence-corrected chi connectivity index (χ3v) is 3.51. The van der Waals surface area contributed by atoms with Crippen LogP contribution in [0.15, 0.2) is 35.7 Å². The molecule has 0 aliphatic heterocycles. The van der Waals surface area contributed by atoms with Crippen LogP contribution in [0.25, 0.3) is 10.6 Å². The van der Waals surface area contributed by atoms with Crippen molar-refractivity contribution in [3.05, 3.63) is 41.4 Å². The number of nitrogens with one attached hydrogen (secondary N) is 1. The molecule has 7 nitrogen and oxygen atoms in total. The Labute approximate surface area is 125 Å². The minimum atomic E-state index is -0.968. The molecule has 3 amide bonds. The molecule has 0 atom stereocenters. The van der Waals surface area contributed by atoms with Crippen molar-refractivity contribution in [2.24, 2.45) is 5.73 Å². The van der Waals surface area contributed by atoms with Crippen LogP contribution in [0.4, 0.5) is 4.79 Å². The van der Waals surface area contributed by atoms with Crippen LogP contribution in [-0.4, -0.2) is 40.3 Å². The normalized spacial score (nSPS) is 10.1. The van der Waals surface area contributed by atoms with Crippen LogP contribution in [0.2, 0.25) is 0 Å².